The van der Waals surface area contributed by atoms with E-state index in [-0.39, 0.29) is 0 Å². The third-order valence-corrected chi connectivity index (χ3v) is 2.39. The van der Waals surface area contributed by atoms with E-state index in [0.717, 1.165) is 16.4 Å². The molecule has 0 aromatic heterocycles. The lowest BCUT2D eigenvalue weighted by Crippen LogP contribution is -2.43. The van der Waals surface area contributed by atoms with Crippen LogP contribution in [0.15, 0.2) is 41.2 Å². The van der Waals surface area contributed by atoms with E-state index in [1.165, 1.54) is 6.20 Å². The van der Waals surface area contributed by atoms with Crippen molar-refractivity contribution in [1.82, 2.24) is 10.5 Å². The van der Waals surface area contributed by atoms with Crippen LogP contribution in [0.1, 0.15) is 0 Å². The topological polar surface area (TPSA) is 68.2 Å². The van der Waals surface area contributed by atoms with Gasteiger partial charge in [0.05, 0.1) is 29.5 Å². The number of rotatable bonds is 0. The zero-order valence-electron chi connectivity index (χ0n) is 8.16. The Morgan fingerprint density at radius 3 is 3.00 bits per heavy atom. The van der Waals surface area contributed by atoms with Crippen LogP contribution in [-0.4, -0.2) is 22.4 Å². The van der Waals surface area contributed by atoms with Crippen LogP contribution in [0.3, 0.4) is 0 Å². The number of carboxylic acid groups (broad SMARTS) is 1. The van der Waals surface area contributed by atoms with Crippen LogP contribution in [0.5, 0.6) is 0 Å². The standard InChI is InChI=1S/C10H8N4O2/c15-10(16)13-6-7-5-11-8-3-1-2-4-9(8)14(7)12-13/h1-6,12H,(H,15,16). The number of nitrogens with one attached hydrogen (secondary N) is 1. The smallest absolute Gasteiger partial charge is 0.427 e. The lowest BCUT2D eigenvalue weighted by molar-refractivity contribution is 0.149. The fourth-order valence-corrected chi connectivity index (χ4v) is 1.66. The molecule has 3 rings (SSSR count). The highest BCUT2D eigenvalue weighted by Crippen LogP contribution is 2.34. The molecular weight excluding hydrogens is 208 g/mol. The molecule has 6 heteroatoms. The summed E-state index contributed by atoms with van der Waals surface area (Å²) >= 11 is 0. The summed E-state index contributed by atoms with van der Waals surface area (Å²) in [5.74, 6) is 0. The highest BCUT2D eigenvalue weighted by molar-refractivity contribution is 5.94. The van der Waals surface area contributed by atoms with E-state index < -0.39 is 6.09 Å². The molecule has 2 N–H and O–H groups in total. The van der Waals surface area contributed by atoms with Gasteiger partial charge in [0.2, 0.25) is 0 Å². The minimum absolute atomic E-state index is 0.695. The number of aliphatic imine (C=N–C) groups is 1. The molecule has 2 aliphatic rings. The Kier molecular flexibility index (Phi) is 1.72. The molecule has 80 valence electrons. The van der Waals surface area contributed by atoms with Crippen molar-refractivity contribution in [2.75, 3.05) is 5.01 Å². The van der Waals surface area contributed by atoms with Gasteiger partial charge in [0, 0.05) is 0 Å². The van der Waals surface area contributed by atoms with Gasteiger partial charge in [-0.05, 0) is 12.1 Å². The molecule has 0 saturated heterocycles. The average molecular weight is 216 g/mol. The number of hydrogen-bond donors (Lipinski definition) is 2. The molecular formula is C10H8N4O2. The number of hydrogen-bond acceptors (Lipinski definition) is 4. The van der Waals surface area contributed by atoms with Crippen molar-refractivity contribution in [3.63, 3.8) is 0 Å². The number of anilines is 1. The molecule has 1 aromatic carbocycles. The first-order chi connectivity index (χ1) is 7.75. The summed E-state index contributed by atoms with van der Waals surface area (Å²) in [5.41, 5.74) is 5.07. The molecule has 6 nitrogen and oxygen atoms in total. The van der Waals surface area contributed by atoms with E-state index in [9.17, 15) is 4.79 Å². The largest absolute Gasteiger partial charge is 0.464 e. The third-order valence-electron chi connectivity index (χ3n) is 2.39. The number of carbonyl (C=O) groups is 1. The number of hydrazine groups is 2. The maximum Gasteiger partial charge on any atom is 0.427 e. The van der Waals surface area contributed by atoms with Crippen molar-refractivity contribution in [2.45, 2.75) is 0 Å². The van der Waals surface area contributed by atoms with Crippen molar-refractivity contribution in [1.29, 1.82) is 0 Å². The van der Waals surface area contributed by atoms with E-state index in [2.05, 4.69) is 10.5 Å². The van der Waals surface area contributed by atoms with Crippen LogP contribution in [-0.2, 0) is 0 Å². The van der Waals surface area contributed by atoms with Gasteiger partial charge in [0.15, 0.2) is 0 Å². The Labute approximate surface area is 91.1 Å². The van der Waals surface area contributed by atoms with Crippen molar-refractivity contribution < 1.29 is 9.90 Å². The summed E-state index contributed by atoms with van der Waals surface area (Å²) in [6.45, 7) is 0. The minimum Gasteiger partial charge on any atom is -0.464 e. The predicted molar refractivity (Wildman–Crippen MR) is 58.2 cm³/mol. The van der Waals surface area contributed by atoms with Gasteiger partial charge in [0.25, 0.3) is 0 Å². The second-order valence-electron chi connectivity index (χ2n) is 3.39. The second kappa shape index (κ2) is 3.07. The van der Waals surface area contributed by atoms with Crippen molar-refractivity contribution in [3.8, 4) is 0 Å². The molecule has 2 heterocycles. The summed E-state index contributed by atoms with van der Waals surface area (Å²) in [7, 11) is 0. The van der Waals surface area contributed by atoms with Gasteiger partial charge in [-0.3, -0.25) is 10.0 Å². The highest BCUT2D eigenvalue weighted by Gasteiger charge is 2.28. The van der Waals surface area contributed by atoms with Crippen molar-refractivity contribution in [3.05, 3.63) is 36.2 Å². The van der Waals surface area contributed by atoms with Gasteiger partial charge in [0.1, 0.15) is 0 Å². The first-order valence-corrected chi connectivity index (χ1v) is 4.69. The number of para-hydroxylation sites is 2. The molecule has 1 aromatic rings. The fourth-order valence-electron chi connectivity index (χ4n) is 1.66. The van der Waals surface area contributed by atoms with E-state index in [1.54, 1.807) is 11.2 Å². The Morgan fingerprint density at radius 2 is 2.19 bits per heavy atom. The van der Waals surface area contributed by atoms with Crippen molar-refractivity contribution >= 4 is 23.7 Å². The van der Waals surface area contributed by atoms with E-state index in [1.807, 2.05) is 24.3 Å². The van der Waals surface area contributed by atoms with Crippen LogP contribution in [0.25, 0.3) is 0 Å². The third kappa shape index (κ3) is 1.17. The number of amides is 1. The van der Waals surface area contributed by atoms with Gasteiger partial charge >= 0.3 is 6.09 Å². The molecule has 0 atom stereocenters. The lowest BCUT2D eigenvalue weighted by Gasteiger charge is -2.25. The maximum absolute atomic E-state index is 10.8. The molecule has 0 fully saturated rings. The molecule has 0 radical (unpaired) electrons. The quantitative estimate of drug-likeness (QED) is 0.689. The lowest BCUT2D eigenvalue weighted by atomic mass is 10.2. The Hall–Kier alpha value is -2.34. The Balaban J connectivity index is 2.04. The molecule has 0 unspecified atom stereocenters. The maximum atomic E-state index is 10.8. The number of fused-ring (bicyclic) bond motifs is 3. The monoisotopic (exact) mass is 216 g/mol. The Morgan fingerprint density at radius 1 is 1.38 bits per heavy atom. The van der Waals surface area contributed by atoms with E-state index in [4.69, 9.17) is 5.11 Å². The van der Waals surface area contributed by atoms with E-state index in [0.29, 0.717) is 5.70 Å². The zero-order valence-corrected chi connectivity index (χ0v) is 8.16. The molecule has 16 heavy (non-hydrogen) atoms. The fraction of sp³-hybridized carbons (Fsp3) is 0. The molecule has 2 aliphatic heterocycles. The zero-order chi connectivity index (χ0) is 11.1. The molecule has 0 spiro atoms. The summed E-state index contributed by atoms with van der Waals surface area (Å²) in [4.78, 5) is 15.0. The SMILES string of the molecule is O=C(O)N1C=C2C=Nc3ccccc3N2N1. The normalized spacial score (nSPS) is 16.9. The van der Waals surface area contributed by atoms with Crippen LogP contribution < -0.4 is 10.5 Å². The van der Waals surface area contributed by atoms with Crippen LogP contribution in [0, 0.1) is 0 Å². The highest BCUT2D eigenvalue weighted by atomic mass is 16.4. The van der Waals surface area contributed by atoms with Gasteiger partial charge < -0.3 is 5.11 Å². The number of nitrogens with zero attached hydrogens (tertiary/aromatic N) is 3. The average Bonchev–Trinajstić information content (AvgIpc) is 2.73. The van der Waals surface area contributed by atoms with E-state index >= 15 is 0 Å². The van der Waals surface area contributed by atoms with Crippen molar-refractivity contribution in [2.24, 2.45) is 4.99 Å². The molecule has 0 saturated carbocycles. The molecule has 0 aliphatic carbocycles. The van der Waals surface area contributed by atoms with Crippen LogP contribution in [0.4, 0.5) is 16.2 Å². The number of benzene rings is 1. The van der Waals surface area contributed by atoms with Gasteiger partial charge in [-0.15, -0.1) is 5.53 Å². The van der Waals surface area contributed by atoms with Crippen LogP contribution in [0.2, 0.25) is 0 Å². The molecule has 0 bridgehead atoms. The minimum atomic E-state index is -1.06. The van der Waals surface area contributed by atoms with Gasteiger partial charge in [-0.25, -0.2) is 4.79 Å². The summed E-state index contributed by atoms with van der Waals surface area (Å²) in [6, 6.07) is 7.50. The number of allylic oxidation sites excluding steroid dienone is 1. The summed E-state index contributed by atoms with van der Waals surface area (Å²) in [5, 5.41) is 11.5. The first-order valence-electron chi connectivity index (χ1n) is 4.69. The Bertz CT molecular complexity index is 523. The van der Waals surface area contributed by atoms with Gasteiger partial charge in [-0.1, -0.05) is 12.1 Å². The molecule has 1 amide bonds. The second-order valence-corrected chi connectivity index (χ2v) is 3.39. The van der Waals surface area contributed by atoms with Crippen LogP contribution >= 0.6 is 0 Å². The van der Waals surface area contributed by atoms with Gasteiger partial charge in [-0.2, -0.15) is 5.01 Å². The summed E-state index contributed by atoms with van der Waals surface area (Å²) < 4.78 is 0. The predicted octanol–water partition coefficient (Wildman–Crippen LogP) is 1.46. The summed E-state index contributed by atoms with van der Waals surface area (Å²) in [6.07, 6.45) is 2.04. The first kappa shape index (κ1) is 8.93.